The van der Waals surface area contributed by atoms with Crippen molar-refractivity contribution >= 4 is 7.41 Å². The maximum Gasteiger partial charge on any atom is 0.214 e. The number of nitrogens with zero attached hydrogens (tertiary/aromatic N) is 1. The van der Waals surface area contributed by atoms with Crippen LogP contribution in [0.1, 0.15) is 34.6 Å². The van der Waals surface area contributed by atoms with E-state index in [0.29, 0.717) is 5.31 Å². The molecule has 10 heavy (non-hydrogen) atoms. The Morgan fingerprint density at radius 3 is 1.80 bits per heavy atom. The lowest BCUT2D eigenvalue weighted by atomic mass is 9.60. The van der Waals surface area contributed by atoms with Gasteiger partial charge in [0.05, 0.1) is 0 Å². The highest BCUT2D eigenvalue weighted by Gasteiger charge is 2.17. The lowest BCUT2D eigenvalue weighted by molar-refractivity contribution is 0.561. The number of hydrogen-bond acceptors (Lipinski definition) is 1. The molecule has 0 aromatic rings. The summed E-state index contributed by atoms with van der Waals surface area (Å²) in [5.74, 6) is 0. The second-order valence-electron chi connectivity index (χ2n) is 3.43. The topological polar surface area (TPSA) is 3.24 Å². The van der Waals surface area contributed by atoms with Gasteiger partial charge in [-0.3, -0.25) is 0 Å². The molecule has 0 spiro atoms. The molecule has 0 aromatic heterocycles. The third kappa shape index (κ3) is 6.15. The molecule has 2 heteroatoms. The summed E-state index contributed by atoms with van der Waals surface area (Å²) >= 11 is 0. The van der Waals surface area contributed by atoms with Gasteiger partial charge in [0, 0.05) is 0 Å². The number of hydrogen-bond donors (Lipinski definition) is 0. The predicted molar refractivity (Wildman–Crippen MR) is 50.5 cm³/mol. The molecule has 0 unspecified atom stereocenters. The van der Waals surface area contributed by atoms with Crippen molar-refractivity contribution in [3.8, 4) is 0 Å². The quantitative estimate of drug-likeness (QED) is 0.547. The summed E-state index contributed by atoms with van der Waals surface area (Å²) in [4.78, 5) is 2.11. The van der Waals surface area contributed by atoms with Gasteiger partial charge in [-0.15, -0.1) is 0 Å². The zero-order chi connectivity index (χ0) is 7.49. The fraction of sp³-hybridized carbons (Fsp3) is 1.00. The fourth-order valence-electron chi connectivity index (χ4n) is 0.790. The Morgan fingerprint density at radius 1 is 1.30 bits per heavy atom. The second-order valence-corrected chi connectivity index (χ2v) is 3.43. The molecule has 0 saturated heterocycles. The maximum atomic E-state index is 2.24. The summed E-state index contributed by atoms with van der Waals surface area (Å²) in [7, 11) is 6.38. The van der Waals surface area contributed by atoms with Gasteiger partial charge in [-0.1, -0.05) is 34.6 Å². The molecule has 0 fully saturated rings. The molecule has 0 N–H and O–H groups in total. The Kier molecular flexibility index (Phi) is 6.06. The highest BCUT2D eigenvalue weighted by atomic mass is 15.0. The van der Waals surface area contributed by atoms with E-state index in [0.717, 1.165) is 0 Å². The average Bonchev–Trinajstić information content (AvgIpc) is 1.63. The molecule has 0 aliphatic rings. The largest absolute Gasteiger partial charge is 0.351 e. The van der Waals surface area contributed by atoms with Gasteiger partial charge in [0.1, 0.15) is 0 Å². The van der Waals surface area contributed by atoms with Crippen molar-refractivity contribution in [1.82, 2.24) is 4.81 Å². The Morgan fingerprint density at radius 2 is 1.70 bits per heavy atom. The SMILES string of the molecule is C.CCC(C)(C)[B]N(C)C. The van der Waals surface area contributed by atoms with E-state index in [-0.39, 0.29) is 7.43 Å². The lowest BCUT2D eigenvalue weighted by Crippen LogP contribution is -2.27. The van der Waals surface area contributed by atoms with E-state index < -0.39 is 0 Å². The van der Waals surface area contributed by atoms with E-state index in [1.54, 1.807) is 0 Å². The molecule has 0 heterocycles. The van der Waals surface area contributed by atoms with Crippen LogP contribution in [0.4, 0.5) is 0 Å². The van der Waals surface area contributed by atoms with Crippen LogP contribution < -0.4 is 0 Å². The molecule has 0 amide bonds. The molecule has 1 nitrogen and oxygen atoms in total. The van der Waals surface area contributed by atoms with Crippen molar-refractivity contribution in [2.45, 2.75) is 39.9 Å². The zero-order valence-corrected chi connectivity index (χ0v) is 7.23. The van der Waals surface area contributed by atoms with Crippen LogP contribution in [0.5, 0.6) is 0 Å². The van der Waals surface area contributed by atoms with E-state index in [1.165, 1.54) is 6.42 Å². The molecule has 0 aromatic carbocycles. The van der Waals surface area contributed by atoms with Gasteiger partial charge in [-0.25, -0.2) is 0 Å². The molecule has 0 aliphatic heterocycles. The van der Waals surface area contributed by atoms with Crippen LogP contribution in [0.25, 0.3) is 0 Å². The normalized spacial score (nSPS) is 11.0. The average molecular weight is 142 g/mol. The van der Waals surface area contributed by atoms with Crippen LogP contribution in [0.2, 0.25) is 5.31 Å². The molecule has 0 atom stereocenters. The summed E-state index contributed by atoms with van der Waals surface area (Å²) < 4.78 is 0. The molecule has 0 bridgehead atoms. The van der Waals surface area contributed by atoms with E-state index in [9.17, 15) is 0 Å². The van der Waals surface area contributed by atoms with Crippen molar-refractivity contribution in [1.29, 1.82) is 0 Å². The molecular weight excluding hydrogens is 121 g/mol. The second kappa shape index (κ2) is 4.78. The first kappa shape index (κ1) is 12.7. The Labute approximate surface area is 67.1 Å². The summed E-state index contributed by atoms with van der Waals surface area (Å²) in [6, 6.07) is 0. The standard InChI is InChI=1S/C7H17BN.CH4/c1-6-7(2,3)8-9(4)5;/h6H2,1-5H3;1H4. The van der Waals surface area contributed by atoms with Crippen LogP contribution in [-0.4, -0.2) is 26.3 Å². The summed E-state index contributed by atoms with van der Waals surface area (Å²) in [6.45, 7) is 6.69. The lowest BCUT2D eigenvalue weighted by Gasteiger charge is -2.24. The molecule has 0 rings (SSSR count). The molecule has 0 saturated carbocycles. The van der Waals surface area contributed by atoms with Crippen LogP contribution >= 0.6 is 0 Å². The minimum atomic E-state index is 0. The molecule has 1 radical (unpaired) electrons. The van der Waals surface area contributed by atoms with Gasteiger partial charge in [-0.05, 0) is 19.4 Å². The Hall–Kier alpha value is 0.0249. The van der Waals surface area contributed by atoms with Crippen molar-refractivity contribution < 1.29 is 0 Å². The monoisotopic (exact) mass is 142 g/mol. The maximum absolute atomic E-state index is 2.24. The summed E-state index contributed by atoms with van der Waals surface area (Å²) in [5.41, 5.74) is 0. The predicted octanol–water partition coefficient (Wildman–Crippen LogP) is 2.41. The zero-order valence-electron chi connectivity index (χ0n) is 7.23. The Balaban J connectivity index is 0. The van der Waals surface area contributed by atoms with Gasteiger partial charge >= 0.3 is 0 Å². The third-order valence-electron chi connectivity index (χ3n) is 1.52. The summed E-state index contributed by atoms with van der Waals surface area (Å²) in [5, 5.41) is 0.365. The smallest absolute Gasteiger partial charge is 0.214 e. The first-order valence-corrected chi connectivity index (χ1v) is 3.50. The molecule has 0 aliphatic carbocycles. The van der Waals surface area contributed by atoms with E-state index >= 15 is 0 Å². The minimum Gasteiger partial charge on any atom is -0.351 e. The summed E-state index contributed by atoms with van der Waals surface area (Å²) in [6.07, 6.45) is 1.20. The highest BCUT2D eigenvalue weighted by Crippen LogP contribution is 2.26. The molecular formula is C8H21BN. The van der Waals surface area contributed by atoms with Crippen LogP contribution in [-0.2, 0) is 0 Å². The van der Waals surface area contributed by atoms with Crippen LogP contribution in [0.3, 0.4) is 0 Å². The van der Waals surface area contributed by atoms with Crippen molar-refractivity contribution in [2.24, 2.45) is 0 Å². The minimum absolute atomic E-state index is 0. The van der Waals surface area contributed by atoms with E-state index in [2.05, 4.69) is 47.1 Å². The van der Waals surface area contributed by atoms with Gasteiger partial charge in [0.25, 0.3) is 0 Å². The first-order chi connectivity index (χ1) is 3.98. The first-order valence-electron chi connectivity index (χ1n) is 3.50. The molecule has 61 valence electrons. The van der Waals surface area contributed by atoms with Crippen molar-refractivity contribution in [3.63, 3.8) is 0 Å². The van der Waals surface area contributed by atoms with Gasteiger partial charge < -0.3 is 4.81 Å². The van der Waals surface area contributed by atoms with Crippen LogP contribution in [0, 0.1) is 0 Å². The van der Waals surface area contributed by atoms with E-state index in [1.807, 2.05) is 0 Å². The highest BCUT2D eigenvalue weighted by molar-refractivity contribution is 6.36. The van der Waals surface area contributed by atoms with E-state index in [4.69, 9.17) is 0 Å². The van der Waals surface area contributed by atoms with Gasteiger partial charge in [0.2, 0.25) is 7.41 Å². The van der Waals surface area contributed by atoms with Crippen molar-refractivity contribution in [2.75, 3.05) is 14.1 Å². The van der Waals surface area contributed by atoms with Crippen LogP contribution in [0.15, 0.2) is 0 Å². The number of rotatable bonds is 3. The Bertz CT molecular complexity index is 79.3. The third-order valence-corrected chi connectivity index (χ3v) is 1.52. The van der Waals surface area contributed by atoms with Gasteiger partial charge in [0.15, 0.2) is 0 Å². The van der Waals surface area contributed by atoms with Gasteiger partial charge in [-0.2, -0.15) is 0 Å². The fourth-order valence-corrected chi connectivity index (χ4v) is 0.790. The van der Waals surface area contributed by atoms with Crippen molar-refractivity contribution in [3.05, 3.63) is 0 Å².